The van der Waals surface area contributed by atoms with E-state index >= 15 is 0 Å². The normalized spacial score (nSPS) is 18.5. The van der Waals surface area contributed by atoms with Gasteiger partial charge in [0, 0.05) is 19.6 Å². The zero-order valence-corrected chi connectivity index (χ0v) is 25.4. The molecule has 11 heteroatoms. The van der Waals surface area contributed by atoms with Gasteiger partial charge in [0.15, 0.2) is 0 Å². The number of β-amino-alcohol motifs (C(OH)–C–C–N with tert-alkyl or cyclic N) is 1. The molecule has 1 fully saturated rings. The summed E-state index contributed by atoms with van der Waals surface area (Å²) in [7, 11) is 0. The minimum Gasteiger partial charge on any atom is -0.445 e. The molecule has 0 spiro atoms. The lowest BCUT2D eigenvalue weighted by Gasteiger charge is -2.26. The molecule has 0 aliphatic carbocycles. The minimum absolute atomic E-state index is 0.0478. The van der Waals surface area contributed by atoms with Crippen LogP contribution in [-0.4, -0.2) is 77.4 Å². The number of hydrogen-bond donors (Lipinski definition) is 4. The minimum atomic E-state index is -0.980. The zero-order chi connectivity index (χ0) is 30.7. The van der Waals surface area contributed by atoms with Crippen LogP contribution in [0.15, 0.2) is 30.3 Å². The third-order valence-electron chi connectivity index (χ3n) is 6.45. The quantitative estimate of drug-likeness (QED) is 0.299. The largest absolute Gasteiger partial charge is 0.445 e. The van der Waals surface area contributed by atoms with Gasteiger partial charge in [-0.3, -0.25) is 9.59 Å². The summed E-state index contributed by atoms with van der Waals surface area (Å²) in [6, 6.07) is 7.64. The van der Waals surface area contributed by atoms with Crippen molar-refractivity contribution < 1.29 is 33.8 Å². The molecule has 0 aromatic heterocycles. The maximum absolute atomic E-state index is 13.4. The predicted molar refractivity (Wildman–Crippen MR) is 155 cm³/mol. The van der Waals surface area contributed by atoms with E-state index in [-0.39, 0.29) is 44.0 Å². The van der Waals surface area contributed by atoms with E-state index in [9.17, 15) is 24.3 Å². The number of aliphatic hydroxyl groups excluding tert-OH is 1. The van der Waals surface area contributed by atoms with Crippen molar-refractivity contribution in [2.45, 2.75) is 91.7 Å². The van der Waals surface area contributed by atoms with Gasteiger partial charge in [0.2, 0.25) is 11.8 Å². The van der Waals surface area contributed by atoms with Crippen LogP contribution in [0.1, 0.15) is 66.9 Å². The van der Waals surface area contributed by atoms with Crippen LogP contribution in [0.3, 0.4) is 0 Å². The van der Waals surface area contributed by atoms with Crippen molar-refractivity contribution in [1.29, 1.82) is 0 Å². The van der Waals surface area contributed by atoms with Crippen molar-refractivity contribution in [3.05, 3.63) is 35.9 Å². The van der Waals surface area contributed by atoms with Crippen molar-refractivity contribution in [2.24, 2.45) is 17.8 Å². The monoisotopic (exact) mass is 576 g/mol. The van der Waals surface area contributed by atoms with E-state index in [2.05, 4.69) is 16.0 Å². The average molecular weight is 577 g/mol. The van der Waals surface area contributed by atoms with Crippen molar-refractivity contribution in [3.8, 4) is 0 Å². The third-order valence-corrected chi connectivity index (χ3v) is 6.45. The number of rotatable bonds is 12. The molecule has 230 valence electrons. The molecule has 0 bridgehead atoms. The molecule has 1 aromatic carbocycles. The molecule has 0 radical (unpaired) electrons. The molecule has 4 atom stereocenters. The highest BCUT2D eigenvalue weighted by atomic mass is 16.6. The number of alkyl carbamates (subject to hydrolysis) is 2. The molecule has 2 rings (SSSR count). The Morgan fingerprint density at radius 2 is 1.61 bits per heavy atom. The lowest BCUT2D eigenvalue weighted by atomic mass is 9.95. The second-order valence-electron chi connectivity index (χ2n) is 12.5. The smallest absolute Gasteiger partial charge is 0.408 e. The summed E-state index contributed by atoms with van der Waals surface area (Å²) in [6.07, 6.45) is -1.40. The Bertz CT molecular complexity index is 1010. The van der Waals surface area contributed by atoms with E-state index < -0.39 is 47.8 Å². The van der Waals surface area contributed by atoms with Gasteiger partial charge < -0.3 is 35.4 Å². The first-order valence-electron chi connectivity index (χ1n) is 14.4. The summed E-state index contributed by atoms with van der Waals surface area (Å²) in [5, 5.41) is 18.8. The van der Waals surface area contributed by atoms with Crippen LogP contribution in [0, 0.1) is 17.8 Å². The number of amides is 4. The van der Waals surface area contributed by atoms with Gasteiger partial charge in [0.1, 0.15) is 18.2 Å². The number of benzene rings is 1. The van der Waals surface area contributed by atoms with Crippen LogP contribution in [-0.2, 0) is 25.7 Å². The number of nitrogens with zero attached hydrogens (tertiary/aromatic N) is 1. The molecule has 1 aliphatic rings. The first kappa shape index (κ1) is 33.9. The molecule has 0 saturated carbocycles. The SMILES string of the molecule is CC(C)C[C@@H](CNC(=O)OC(C)(C)C)C(=O)N1CC(O)C(NC(=O)[C@H](CC(C)C)NC(=O)OCc2ccccc2)C1. The Morgan fingerprint density at radius 3 is 2.20 bits per heavy atom. The van der Waals surface area contributed by atoms with E-state index in [4.69, 9.17) is 9.47 Å². The van der Waals surface area contributed by atoms with E-state index in [1.54, 1.807) is 20.8 Å². The number of hydrogen-bond acceptors (Lipinski definition) is 7. The van der Waals surface area contributed by atoms with Gasteiger partial charge in [0.25, 0.3) is 0 Å². The topological polar surface area (TPSA) is 146 Å². The number of carbonyl (C=O) groups excluding carboxylic acids is 4. The molecular weight excluding hydrogens is 528 g/mol. The van der Waals surface area contributed by atoms with Crippen molar-refractivity contribution in [2.75, 3.05) is 19.6 Å². The van der Waals surface area contributed by atoms with E-state index in [0.717, 1.165) is 5.56 Å². The number of ether oxygens (including phenoxy) is 2. The van der Waals surface area contributed by atoms with Crippen LogP contribution in [0.2, 0.25) is 0 Å². The van der Waals surface area contributed by atoms with Gasteiger partial charge in [-0.25, -0.2) is 9.59 Å². The Balaban J connectivity index is 1.98. The fourth-order valence-electron chi connectivity index (χ4n) is 4.62. The standard InChI is InChI=1S/C30H48N4O7/c1-19(2)13-22(15-31-28(38)41-30(5,6)7)27(37)34-16-24(25(35)17-34)32-26(36)23(14-20(3)4)33-29(39)40-18-21-11-9-8-10-12-21/h8-12,19-20,22-25,35H,13-18H2,1-7H3,(H,31,38)(H,32,36)(H,33,39)/t22-,23-,24?,25?/m0/s1. The maximum atomic E-state index is 13.4. The third kappa shape index (κ3) is 12.4. The summed E-state index contributed by atoms with van der Waals surface area (Å²) in [5.41, 5.74) is 0.163. The fraction of sp³-hybridized carbons (Fsp3) is 0.667. The Hall–Kier alpha value is -3.34. The summed E-state index contributed by atoms with van der Waals surface area (Å²) in [4.78, 5) is 52.7. The van der Waals surface area contributed by atoms with Gasteiger partial charge >= 0.3 is 12.2 Å². The fourth-order valence-corrected chi connectivity index (χ4v) is 4.62. The lowest BCUT2D eigenvalue weighted by Crippen LogP contribution is -2.53. The van der Waals surface area contributed by atoms with Crippen LogP contribution >= 0.6 is 0 Å². The molecular formula is C30H48N4O7. The van der Waals surface area contributed by atoms with Crippen LogP contribution in [0.5, 0.6) is 0 Å². The molecule has 1 heterocycles. The highest BCUT2D eigenvalue weighted by molar-refractivity contribution is 5.86. The molecule has 1 aromatic rings. The first-order chi connectivity index (χ1) is 19.1. The molecule has 1 aliphatic heterocycles. The van der Waals surface area contributed by atoms with Crippen LogP contribution in [0.25, 0.3) is 0 Å². The maximum Gasteiger partial charge on any atom is 0.408 e. The number of likely N-dealkylation sites (tertiary alicyclic amines) is 1. The van der Waals surface area contributed by atoms with Crippen molar-refractivity contribution in [3.63, 3.8) is 0 Å². The van der Waals surface area contributed by atoms with E-state index in [1.807, 2.05) is 58.0 Å². The summed E-state index contributed by atoms with van der Waals surface area (Å²) < 4.78 is 10.6. The number of carbonyl (C=O) groups is 4. The Morgan fingerprint density at radius 1 is 0.976 bits per heavy atom. The first-order valence-corrected chi connectivity index (χ1v) is 14.4. The summed E-state index contributed by atoms with van der Waals surface area (Å²) >= 11 is 0. The van der Waals surface area contributed by atoms with Crippen LogP contribution in [0.4, 0.5) is 9.59 Å². The molecule has 4 N–H and O–H groups in total. The molecule has 11 nitrogen and oxygen atoms in total. The summed E-state index contributed by atoms with van der Waals surface area (Å²) in [6.45, 7) is 13.5. The molecule has 4 amide bonds. The summed E-state index contributed by atoms with van der Waals surface area (Å²) in [5.74, 6) is -0.900. The van der Waals surface area contributed by atoms with E-state index in [0.29, 0.717) is 12.8 Å². The van der Waals surface area contributed by atoms with Crippen molar-refractivity contribution >= 4 is 24.0 Å². The van der Waals surface area contributed by atoms with Gasteiger partial charge in [-0.05, 0) is 51.0 Å². The van der Waals surface area contributed by atoms with Gasteiger partial charge in [0.05, 0.1) is 18.1 Å². The lowest BCUT2D eigenvalue weighted by molar-refractivity contribution is -0.135. The highest BCUT2D eigenvalue weighted by Crippen LogP contribution is 2.20. The second kappa shape index (κ2) is 15.6. The molecule has 2 unspecified atom stereocenters. The number of nitrogens with one attached hydrogen (secondary N) is 3. The average Bonchev–Trinajstić information content (AvgIpc) is 3.23. The van der Waals surface area contributed by atoms with Gasteiger partial charge in [-0.15, -0.1) is 0 Å². The zero-order valence-electron chi connectivity index (χ0n) is 25.4. The Kier molecular flexibility index (Phi) is 12.9. The Labute approximate surface area is 243 Å². The predicted octanol–water partition coefficient (Wildman–Crippen LogP) is 3.20. The van der Waals surface area contributed by atoms with Gasteiger partial charge in [-0.2, -0.15) is 0 Å². The highest BCUT2D eigenvalue weighted by Gasteiger charge is 2.39. The van der Waals surface area contributed by atoms with E-state index in [1.165, 1.54) is 4.90 Å². The van der Waals surface area contributed by atoms with Crippen LogP contribution < -0.4 is 16.0 Å². The second-order valence-corrected chi connectivity index (χ2v) is 12.5. The van der Waals surface area contributed by atoms with Crippen molar-refractivity contribution in [1.82, 2.24) is 20.9 Å². The molecule has 1 saturated heterocycles. The molecule has 41 heavy (non-hydrogen) atoms. The number of aliphatic hydroxyl groups is 1. The van der Waals surface area contributed by atoms with Gasteiger partial charge in [-0.1, -0.05) is 58.0 Å².